The number of aryl methyl sites for hydroxylation is 1. The molecule has 0 spiro atoms. The van der Waals surface area contributed by atoms with E-state index < -0.39 is 35.7 Å². The first-order valence-corrected chi connectivity index (χ1v) is 10.8. The number of benzene rings is 1. The number of aliphatic hydroxyl groups is 2. The lowest BCUT2D eigenvalue weighted by atomic mass is 10.0. The Balaban J connectivity index is 1.72. The number of halogens is 2. The number of carbonyl (C=O) groups is 3. The van der Waals surface area contributed by atoms with Crippen molar-refractivity contribution >= 4 is 34.9 Å². The lowest BCUT2D eigenvalue weighted by molar-refractivity contribution is -0.119. The summed E-state index contributed by atoms with van der Waals surface area (Å²) in [4.78, 5) is 39.1. The molecule has 1 aliphatic rings. The first kappa shape index (κ1) is 25.3. The van der Waals surface area contributed by atoms with Crippen LogP contribution in [0.5, 0.6) is 0 Å². The molecule has 8 nitrogen and oxygen atoms in total. The number of rotatable bonds is 9. The molecule has 0 saturated heterocycles. The van der Waals surface area contributed by atoms with Crippen LogP contribution >= 0.6 is 0 Å². The van der Waals surface area contributed by atoms with Gasteiger partial charge in [0.25, 0.3) is 11.8 Å². The zero-order valence-electron chi connectivity index (χ0n) is 19.1. The first-order chi connectivity index (χ1) is 16.0. The monoisotopic (exact) mass is 475 g/mol. The van der Waals surface area contributed by atoms with E-state index in [-0.39, 0.29) is 48.4 Å². The third-order valence-electron chi connectivity index (χ3n) is 5.68. The Labute approximate surface area is 195 Å². The van der Waals surface area contributed by atoms with Gasteiger partial charge in [-0.05, 0) is 57.4 Å². The van der Waals surface area contributed by atoms with Crippen molar-refractivity contribution in [1.29, 1.82) is 0 Å². The Bertz CT molecular complexity index is 1170. The molecule has 0 saturated carbocycles. The number of anilines is 1. The maximum atomic E-state index is 14.4. The molecule has 0 aliphatic carbocycles. The fourth-order valence-corrected chi connectivity index (χ4v) is 4.05. The summed E-state index contributed by atoms with van der Waals surface area (Å²) in [7, 11) is 0. The molecule has 0 unspecified atom stereocenters. The molecule has 2 heterocycles. The van der Waals surface area contributed by atoms with Gasteiger partial charge in [-0.1, -0.05) is 0 Å². The molecule has 3 rings (SSSR count). The fraction of sp³-hybridized carbons (Fsp3) is 0.375. The van der Waals surface area contributed by atoms with Gasteiger partial charge in [0.1, 0.15) is 5.78 Å². The molecule has 0 bridgehead atoms. The van der Waals surface area contributed by atoms with E-state index in [1.54, 1.807) is 13.8 Å². The largest absolute Gasteiger partial charge is 0.393 e. The summed E-state index contributed by atoms with van der Waals surface area (Å²) in [5, 5.41) is 24.9. The van der Waals surface area contributed by atoms with E-state index in [2.05, 4.69) is 15.6 Å². The van der Waals surface area contributed by atoms with Crippen molar-refractivity contribution in [3.05, 3.63) is 51.8 Å². The van der Waals surface area contributed by atoms with Crippen LogP contribution < -0.4 is 10.6 Å². The maximum absolute atomic E-state index is 14.4. The Morgan fingerprint density at radius 2 is 1.88 bits per heavy atom. The quantitative estimate of drug-likeness (QED) is 0.356. The van der Waals surface area contributed by atoms with E-state index in [4.69, 9.17) is 0 Å². The van der Waals surface area contributed by atoms with Crippen molar-refractivity contribution in [2.75, 3.05) is 11.9 Å². The van der Waals surface area contributed by atoms with E-state index in [0.29, 0.717) is 22.5 Å². The van der Waals surface area contributed by atoms with Gasteiger partial charge >= 0.3 is 0 Å². The molecule has 182 valence electrons. The number of ketones is 1. The highest BCUT2D eigenvalue weighted by atomic mass is 19.2. The summed E-state index contributed by atoms with van der Waals surface area (Å²) >= 11 is 0. The van der Waals surface area contributed by atoms with E-state index in [1.807, 2.05) is 0 Å². The molecule has 1 aromatic carbocycles. The smallest absolute Gasteiger partial charge is 0.256 e. The van der Waals surface area contributed by atoms with Crippen LogP contribution in [0.15, 0.2) is 12.1 Å². The number of hydrogen-bond acceptors (Lipinski definition) is 5. The summed E-state index contributed by atoms with van der Waals surface area (Å²) in [6, 6.07) is 2.22. The molecule has 2 aromatic rings. The minimum absolute atomic E-state index is 0.0239. The van der Waals surface area contributed by atoms with Crippen molar-refractivity contribution in [3.63, 3.8) is 0 Å². The average molecular weight is 475 g/mol. The van der Waals surface area contributed by atoms with Crippen molar-refractivity contribution < 1.29 is 33.4 Å². The van der Waals surface area contributed by atoms with Gasteiger partial charge in [-0.2, -0.15) is 0 Å². The van der Waals surface area contributed by atoms with Crippen molar-refractivity contribution in [1.82, 2.24) is 10.3 Å². The molecular formula is C24H27F2N3O5. The molecule has 0 radical (unpaired) electrons. The number of amides is 2. The van der Waals surface area contributed by atoms with Crippen LogP contribution in [0, 0.1) is 25.5 Å². The van der Waals surface area contributed by atoms with Crippen LogP contribution in [-0.4, -0.2) is 51.5 Å². The van der Waals surface area contributed by atoms with Gasteiger partial charge in [-0.3, -0.25) is 14.4 Å². The van der Waals surface area contributed by atoms with E-state index in [0.717, 1.165) is 6.07 Å². The summed E-state index contributed by atoms with van der Waals surface area (Å²) in [6.07, 6.45) is -0.285. The molecule has 34 heavy (non-hydrogen) atoms. The van der Waals surface area contributed by atoms with Crippen molar-refractivity contribution in [2.24, 2.45) is 0 Å². The fourth-order valence-electron chi connectivity index (χ4n) is 4.05. The van der Waals surface area contributed by atoms with Gasteiger partial charge in [0.15, 0.2) is 11.6 Å². The molecule has 1 aliphatic heterocycles. The number of H-pyrrole nitrogens is 1. The zero-order chi connectivity index (χ0) is 25.2. The summed E-state index contributed by atoms with van der Waals surface area (Å²) in [5.41, 5.74) is 1.70. The Morgan fingerprint density at radius 3 is 2.56 bits per heavy atom. The van der Waals surface area contributed by atoms with Crippen LogP contribution in [0.1, 0.15) is 59.1 Å². The maximum Gasteiger partial charge on any atom is 0.256 e. The highest BCUT2D eigenvalue weighted by Crippen LogP contribution is 2.36. The van der Waals surface area contributed by atoms with E-state index in [1.165, 1.54) is 19.1 Å². The van der Waals surface area contributed by atoms with Crippen LogP contribution in [0.25, 0.3) is 11.6 Å². The van der Waals surface area contributed by atoms with Crippen LogP contribution in [-0.2, 0) is 9.59 Å². The number of aliphatic hydroxyl groups excluding tert-OH is 2. The summed E-state index contributed by atoms with van der Waals surface area (Å²) in [6.45, 7) is 4.81. The minimum Gasteiger partial charge on any atom is -0.393 e. The van der Waals surface area contributed by atoms with Gasteiger partial charge in [-0.15, -0.1) is 0 Å². The van der Waals surface area contributed by atoms with Crippen LogP contribution in [0.2, 0.25) is 0 Å². The van der Waals surface area contributed by atoms with Crippen LogP contribution in [0.4, 0.5) is 14.5 Å². The number of fused-ring (bicyclic) bond motifs is 1. The Morgan fingerprint density at radius 1 is 1.18 bits per heavy atom. The highest BCUT2D eigenvalue weighted by Gasteiger charge is 2.30. The molecular weight excluding hydrogens is 448 g/mol. The number of Topliss-reactive ketones (excluding diaryl/α,β-unsaturated/α-hetero) is 1. The Hall–Kier alpha value is -3.37. The third kappa shape index (κ3) is 5.40. The average Bonchev–Trinajstić information content (AvgIpc) is 3.20. The lowest BCUT2D eigenvalue weighted by Gasteiger charge is -2.15. The van der Waals surface area contributed by atoms with Gasteiger partial charge in [0, 0.05) is 29.9 Å². The summed E-state index contributed by atoms with van der Waals surface area (Å²) in [5.74, 6) is -3.38. The predicted octanol–water partition coefficient (Wildman–Crippen LogP) is 2.61. The van der Waals surface area contributed by atoms with E-state index in [9.17, 15) is 33.4 Å². The molecule has 5 N–H and O–H groups in total. The van der Waals surface area contributed by atoms with Gasteiger partial charge < -0.3 is 25.8 Å². The standard InChI is InChI=1S/C24H27F2N3O5/c1-11(30)8-15(32)9-14(31)6-7-27-24(34)20-12(2)19(28-13(20)3)10-16-21-18(29-23(16)33)5-4-17(25)22(21)26/h4-5,10,14-15,28,31-32H,6-9H2,1-3H3,(H,27,34)(H,29,33)/b16-10-/t14-,15+/m1/s1. The molecule has 1 aromatic heterocycles. The summed E-state index contributed by atoms with van der Waals surface area (Å²) < 4.78 is 28.1. The first-order valence-electron chi connectivity index (χ1n) is 10.8. The second kappa shape index (κ2) is 10.3. The minimum atomic E-state index is -1.13. The van der Waals surface area contributed by atoms with Gasteiger partial charge in [0.05, 0.1) is 29.0 Å². The normalized spacial score (nSPS) is 15.7. The number of aromatic nitrogens is 1. The number of aromatic amines is 1. The molecule has 0 fully saturated rings. The number of hydrogen-bond donors (Lipinski definition) is 5. The lowest BCUT2D eigenvalue weighted by Crippen LogP contribution is -2.29. The third-order valence-corrected chi connectivity index (χ3v) is 5.68. The van der Waals surface area contributed by atoms with Gasteiger partial charge in [-0.25, -0.2) is 8.78 Å². The predicted molar refractivity (Wildman–Crippen MR) is 122 cm³/mol. The van der Waals surface area contributed by atoms with E-state index >= 15 is 0 Å². The van der Waals surface area contributed by atoms with Crippen molar-refractivity contribution in [3.8, 4) is 0 Å². The zero-order valence-corrected chi connectivity index (χ0v) is 19.1. The molecule has 10 heteroatoms. The second-order valence-electron chi connectivity index (χ2n) is 8.45. The van der Waals surface area contributed by atoms with Crippen molar-refractivity contribution in [2.45, 2.75) is 52.2 Å². The topological polar surface area (TPSA) is 132 Å². The second-order valence-corrected chi connectivity index (χ2v) is 8.45. The number of nitrogens with one attached hydrogen (secondary N) is 3. The molecule has 2 atom stereocenters. The number of carbonyl (C=O) groups excluding carboxylic acids is 3. The molecule has 2 amide bonds. The Kier molecular flexibility index (Phi) is 7.63. The van der Waals surface area contributed by atoms with Gasteiger partial charge in [0.2, 0.25) is 0 Å². The highest BCUT2D eigenvalue weighted by molar-refractivity contribution is 6.35. The van der Waals surface area contributed by atoms with Crippen LogP contribution in [0.3, 0.4) is 0 Å². The SMILES string of the molecule is CC(=O)C[C@H](O)C[C@H](O)CCNC(=O)c1c(C)[nH]c(/C=C2\C(=O)Nc3ccc(F)c(F)c32)c1C.